The van der Waals surface area contributed by atoms with Crippen molar-refractivity contribution in [2.24, 2.45) is 0 Å². The second-order valence-corrected chi connectivity index (χ2v) is 4.93. The third-order valence-electron chi connectivity index (χ3n) is 2.87. The molecule has 0 heterocycles. The number of nitriles is 1. The standard InChI is InChI=1S/C16H15NO2S/c1-18-13-8-6-12(7-9-13)11-19-15-4-3-5-16(20-2)14(15)10-17/h3-9H,11H2,1-2H3. The molecule has 102 valence electrons. The largest absolute Gasteiger partial charge is 0.497 e. The molecule has 0 bridgehead atoms. The van der Waals surface area contributed by atoms with Crippen LogP contribution in [0.3, 0.4) is 0 Å². The van der Waals surface area contributed by atoms with Crippen molar-refractivity contribution < 1.29 is 9.47 Å². The SMILES string of the molecule is COc1ccc(COc2cccc(SC)c2C#N)cc1. The molecule has 3 nitrogen and oxygen atoms in total. The minimum absolute atomic E-state index is 0.427. The van der Waals surface area contributed by atoms with Crippen LogP contribution in [0.2, 0.25) is 0 Å². The van der Waals surface area contributed by atoms with Gasteiger partial charge >= 0.3 is 0 Å². The number of hydrogen-bond acceptors (Lipinski definition) is 4. The van der Waals surface area contributed by atoms with Crippen molar-refractivity contribution in [3.8, 4) is 17.6 Å². The van der Waals surface area contributed by atoms with Crippen LogP contribution in [0.4, 0.5) is 0 Å². The Balaban J connectivity index is 2.12. The summed E-state index contributed by atoms with van der Waals surface area (Å²) < 4.78 is 10.9. The average molecular weight is 285 g/mol. The van der Waals surface area contributed by atoms with E-state index in [1.807, 2.05) is 48.7 Å². The monoisotopic (exact) mass is 285 g/mol. The number of thioether (sulfide) groups is 1. The van der Waals surface area contributed by atoms with Gasteiger partial charge in [0.1, 0.15) is 29.7 Å². The fourth-order valence-corrected chi connectivity index (χ4v) is 2.36. The predicted octanol–water partition coefficient (Wildman–Crippen LogP) is 3.87. The van der Waals surface area contributed by atoms with Crippen molar-refractivity contribution in [1.29, 1.82) is 5.26 Å². The molecule has 20 heavy (non-hydrogen) atoms. The summed E-state index contributed by atoms with van der Waals surface area (Å²) in [5, 5.41) is 9.24. The third kappa shape index (κ3) is 3.25. The van der Waals surface area contributed by atoms with Crippen LogP contribution in [0.1, 0.15) is 11.1 Å². The second kappa shape index (κ2) is 6.88. The Bertz CT molecular complexity index is 617. The lowest BCUT2D eigenvalue weighted by atomic mass is 10.2. The number of nitrogens with zero attached hydrogens (tertiary/aromatic N) is 1. The molecule has 0 aromatic heterocycles. The van der Waals surface area contributed by atoms with E-state index in [4.69, 9.17) is 9.47 Å². The molecule has 0 N–H and O–H groups in total. The van der Waals surface area contributed by atoms with Crippen LogP contribution >= 0.6 is 11.8 Å². The number of rotatable bonds is 5. The highest BCUT2D eigenvalue weighted by Crippen LogP contribution is 2.28. The Morgan fingerprint density at radius 2 is 1.90 bits per heavy atom. The Morgan fingerprint density at radius 3 is 2.50 bits per heavy atom. The van der Waals surface area contributed by atoms with E-state index in [1.165, 1.54) is 0 Å². The molecule has 0 aliphatic heterocycles. The second-order valence-electron chi connectivity index (χ2n) is 4.08. The first kappa shape index (κ1) is 14.3. The van der Waals surface area contributed by atoms with Gasteiger partial charge in [0, 0.05) is 4.90 Å². The van der Waals surface area contributed by atoms with Crippen LogP contribution in [-0.4, -0.2) is 13.4 Å². The third-order valence-corrected chi connectivity index (χ3v) is 3.65. The topological polar surface area (TPSA) is 42.2 Å². The molecule has 0 atom stereocenters. The van der Waals surface area contributed by atoms with E-state index in [2.05, 4.69) is 6.07 Å². The first-order valence-corrected chi connectivity index (χ1v) is 7.33. The zero-order chi connectivity index (χ0) is 14.4. The maximum atomic E-state index is 9.24. The number of hydrogen-bond donors (Lipinski definition) is 0. The lowest BCUT2D eigenvalue weighted by Crippen LogP contribution is -1.98. The summed E-state index contributed by atoms with van der Waals surface area (Å²) >= 11 is 1.54. The molecule has 0 aliphatic rings. The molecule has 0 amide bonds. The van der Waals surface area contributed by atoms with Gasteiger partial charge in [0.2, 0.25) is 0 Å². The number of methoxy groups -OCH3 is 1. The molecule has 0 saturated carbocycles. The highest BCUT2D eigenvalue weighted by molar-refractivity contribution is 7.98. The van der Waals surface area contributed by atoms with Crippen molar-refractivity contribution in [2.75, 3.05) is 13.4 Å². The summed E-state index contributed by atoms with van der Waals surface area (Å²) in [4.78, 5) is 0.930. The highest BCUT2D eigenvalue weighted by Gasteiger charge is 2.08. The van der Waals surface area contributed by atoms with Crippen molar-refractivity contribution in [3.05, 3.63) is 53.6 Å². The van der Waals surface area contributed by atoms with E-state index >= 15 is 0 Å². The molecule has 0 saturated heterocycles. The van der Waals surface area contributed by atoms with Gasteiger partial charge in [0.15, 0.2) is 0 Å². The minimum atomic E-state index is 0.427. The molecule has 2 rings (SSSR count). The fourth-order valence-electron chi connectivity index (χ4n) is 1.79. The number of ether oxygens (including phenoxy) is 2. The average Bonchev–Trinajstić information content (AvgIpc) is 2.52. The first-order chi connectivity index (χ1) is 9.78. The zero-order valence-electron chi connectivity index (χ0n) is 11.4. The lowest BCUT2D eigenvalue weighted by Gasteiger charge is -2.10. The van der Waals surface area contributed by atoms with Gasteiger partial charge in [-0.3, -0.25) is 0 Å². The van der Waals surface area contributed by atoms with E-state index < -0.39 is 0 Å². The summed E-state index contributed by atoms with van der Waals surface area (Å²) in [6.45, 7) is 0.427. The maximum absolute atomic E-state index is 9.24. The zero-order valence-corrected chi connectivity index (χ0v) is 12.2. The Morgan fingerprint density at radius 1 is 1.15 bits per heavy atom. The van der Waals surface area contributed by atoms with E-state index in [0.29, 0.717) is 17.9 Å². The molecule has 0 aliphatic carbocycles. The lowest BCUT2D eigenvalue weighted by molar-refractivity contribution is 0.304. The molecule has 0 radical (unpaired) electrons. The van der Waals surface area contributed by atoms with Gasteiger partial charge in [-0.25, -0.2) is 0 Å². The van der Waals surface area contributed by atoms with Crippen LogP contribution in [0, 0.1) is 11.3 Å². The first-order valence-electron chi connectivity index (χ1n) is 6.11. The summed E-state index contributed by atoms with van der Waals surface area (Å²) in [5.41, 5.74) is 1.62. The van der Waals surface area contributed by atoms with E-state index in [0.717, 1.165) is 16.2 Å². The summed E-state index contributed by atoms with van der Waals surface area (Å²) in [6, 6.07) is 15.5. The van der Waals surface area contributed by atoms with E-state index in [1.54, 1.807) is 18.9 Å². The van der Waals surface area contributed by atoms with Gasteiger partial charge in [-0.05, 0) is 36.1 Å². The Hall–Kier alpha value is -2.12. The van der Waals surface area contributed by atoms with Gasteiger partial charge in [-0.1, -0.05) is 18.2 Å². The van der Waals surface area contributed by atoms with E-state index in [-0.39, 0.29) is 0 Å². The fraction of sp³-hybridized carbons (Fsp3) is 0.188. The van der Waals surface area contributed by atoms with Gasteiger partial charge < -0.3 is 9.47 Å². The van der Waals surface area contributed by atoms with Crippen molar-refractivity contribution in [2.45, 2.75) is 11.5 Å². The summed E-state index contributed by atoms with van der Waals surface area (Å²) in [5.74, 6) is 1.44. The van der Waals surface area contributed by atoms with E-state index in [9.17, 15) is 5.26 Å². The molecular formula is C16H15NO2S. The smallest absolute Gasteiger partial charge is 0.138 e. The molecule has 0 fully saturated rings. The van der Waals surface area contributed by atoms with Crippen LogP contribution in [0.25, 0.3) is 0 Å². The van der Waals surface area contributed by atoms with Crippen LogP contribution in [-0.2, 0) is 6.61 Å². The molecule has 0 spiro atoms. The predicted molar refractivity (Wildman–Crippen MR) is 80.3 cm³/mol. The van der Waals surface area contributed by atoms with Gasteiger partial charge in [0.25, 0.3) is 0 Å². The van der Waals surface area contributed by atoms with Gasteiger partial charge in [0.05, 0.1) is 7.11 Å². The minimum Gasteiger partial charge on any atom is -0.497 e. The molecular weight excluding hydrogens is 270 g/mol. The maximum Gasteiger partial charge on any atom is 0.138 e. The summed E-state index contributed by atoms with van der Waals surface area (Å²) in [6.07, 6.45) is 1.95. The van der Waals surface area contributed by atoms with Gasteiger partial charge in [-0.2, -0.15) is 5.26 Å². The quantitative estimate of drug-likeness (QED) is 0.782. The molecule has 2 aromatic rings. The molecule has 4 heteroatoms. The van der Waals surface area contributed by atoms with Crippen molar-refractivity contribution >= 4 is 11.8 Å². The molecule has 0 unspecified atom stereocenters. The number of benzene rings is 2. The van der Waals surface area contributed by atoms with Crippen LogP contribution in [0.15, 0.2) is 47.4 Å². The Labute approximate surface area is 123 Å². The normalized spacial score (nSPS) is 9.85. The van der Waals surface area contributed by atoms with Crippen molar-refractivity contribution in [1.82, 2.24) is 0 Å². The van der Waals surface area contributed by atoms with Crippen molar-refractivity contribution in [3.63, 3.8) is 0 Å². The van der Waals surface area contributed by atoms with Crippen LogP contribution < -0.4 is 9.47 Å². The Kier molecular flexibility index (Phi) is 4.91. The summed E-state index contributed by atoms with van der Waals surface area (Å²) in [7, 11) is 1.64. The highest BCUT2D eigenvalue weighted by atomic mass is 32.2. The van der Waals surface area contributed by atoms with Crippen LogP contribution in [0.5, 0.6) is 11.5 Å². The molecule has 2 aromatic carbocycles. The van der Waals surface area contributed by atoms with Gasteiger partial charge in [-0.15, -0.1) is 11.8 Å².